The molecule has 0 saturated heterocycles. The number of hydrogen-bond acceptors (Lipinski definition) is 4. The molecule has 1 aliphatic heterocycles. The summed E-state index contributed by atoms with van der Waals surface area (Å²) in [4.78, 5) is 13.3. The molecule has 1 fully saturated rings. The summed E-state index contributed by atoms with van der Waals surface area (Å²) >= 11 is 0. The van der Waals surface area contributed by atoms with Crippen LogP contribution in [0.4, 0.5) is 0 Å². The van der Waals surface area contributed by atoms with Crippen molar-refractivity contribution in [1.29, 1.82) is 0 Å². The van der Waals surface area contributed by atoms with Crippen LogP contribution in [-0.4, -0.2) is 27.0 Å². The number of amides is 1. The van der Waals surface area contributed by atoms with E-state index in [4.69, 9.17) is 4.74 Å². The molecule has 0 bridgehead atoms. The van der Waals surface area contributed by atoms with Gasteiger partial charge in [-0.05, 0) is 78.8 Å². The van der Waals surface area contributed by atoms with Crippen LogP contribution < -0.4 is 14.8 Å². The molecule has 0 spiro atoms. The van der Waals surface area contributed by atoms with Crippen LogP contribution in [0.15, 0.2) is 77.7 Å². The lowest BCUT2D eigenvalue weighted by Gasteiger charge is -2.23. The Morgan fingerprint density at radius 2 is 1.70 bits per heavy atom. The van der Waals surface area contributed by atoms with E-state index in [1.165, 1.54) is 12.1 Å². The van der Waals surface area contributed by atoms with E-state index in [0.29, 0.717) is 5.56 Å². The van der Waals surface area contributed by atoms with Gasteiger partial charge in [-0.25, -0.2) is 13.1 Å². The molecule has 0 radical (unpaired) electrons. The van der Waals surface area contributed by atoms with E-state index >= 15 is 0 Å². The van der Waals surface area contributed by atoms with Gasteiger partial charge in [-0.1, -0.05) is 36.4 Å². The van der Waals surface area contributed by atoms with Crippen molar-refractivity contribution in [1.82, 2.24) is 10.0 Å². The zero-order valence-electron chi connectivity index (χ0n) is 18.2. The first-order chi connectivity index (χ1) is 16.0. The fourth-order valence-corrected chi connectivity index (χ4v) is 5.36. The highest BCUT2D eigenvalue weighted by Crippen LogP contribution is 2.30. The maximum Gasteiger partial charge on any atom is 0.252 e. The summed E-state index contributed by atoms with van der Waals surface area (Å²) in [6, 6.07) is 21.6. The molecule has 0 aromatic heterocycles. The molecule has 1 heterocycles. The number of hydrogen-bond donors (Lipinski definition) is 2. The maximum absolute atomic E-state index is 13.1. The first kappa shape index (κ1) is 21.7. The van der Waals surface area contributed by atoms with E-state index in [0.717, 1.165) is 54.7 Å². The number of fused-ring (bicyclic) bond motifs is 1. The molecule has 3 aromatic carbocycles. The Bertz CT molecular complexity index is 1250. The zero-order valence-corrected chi connectivity index (χ0v) is 19.0. The summed E-state index contributed by atoms with van der Waals surface area (Å²) in [5, 5.41) is 3.13. The lowest BCUT2D eigenvalue weighted by atomic mass is 9.94. The minimum absolute atomic E-state index is 0.0339. The van der Waals surface area contributed by atoms with Crippen LogP contribution in [0.3, 0.4) is 0 Å². The molecule has 170 valence electrons. The Kier molecular flexibility index (Phi) is 5.91. The number of carbonyl (C=O) groups is 1. The monoisotopic (exact) mass is 462 g/mol. The number of sulfonamides is 1. The maximum atomic E-state index is 13.1. The van der Waals surface area contributed by atoms with Gasteiger partial charge < -0.3 is 10.1 Å². The van der Waals surface area contributed by atoms with Crippen LogP contribution in [0, 0.1) is 0 Å². The van der Waals surface area contributed by atoms with Crippen LogP contribution in [0.25, 0.3) is 0 Å². The Balaban J connectivity index is 1.39. The van der Waals surface area contributed by atoms with Crippen LogP contribution >= 0.6 is 0 Å². The van der Waals surface area contributed by atoms with Gasteiger partial charge in [0.15, 0.2) is 0 Å². The first-order valence-corrected chi connectivity index (χ1v) is 12.7. The Labute approximate surface area is 194 Å². The molecule has 33 heavy (non-hydrogen) atoms. The predicted octanol–water partition coefficient (Wildman–Crippen LogP) is 3.97. The van der Waals surface area contributed by atoms with Gasteiger partial charge in [0.1, 0.15) is 5.75 Å². The third-order valence-corrected chi connectivity index (χ3v) is 7.54. The van der Waals surface area contributed by atoms with Gasteiger partial charge in [-0.3, -0.25) is 4.79 Å². The van der Waals surface area contributed by atoms with Crippen molar-refractivity contribution in [3.8, 4) is 5.75 Å². The van der Waals surface area contributed by atoms with Gasteiger partial charge in [0, 0.05) is 11.6 Å². The first-order valence-electron chi connectivity index (χ1n) is 11.2. The van der Waals surface area contributed by atoms with Crippen molar-refractivity contribution >= 4 is 15.9 Å². The van der Waals surface area contributed by atoms with Gasteiger partial charge in [0.05, 0.1) is 17.5 Å². The number of benzene rings is 3. The molecular weight excluding hydrogens is 436 g/mol. The molecule has 3 aromatic rings. The summed E-state index contributed by atoms with van der Waals surface area (Å²) in [6.07, 6.45) is 3.66. The Morgan fingerprint density at radius 3 is 2.42 bits per heavy atom. The minimum atomic E-state index is -3.55. The number of rotatable bonds is 7. The number of carbonyl (C=O) groups excluding carboxylic acids is 1. The molecule has 6 nitrogen and oxygen atoms in total. The third kappa shape index (κ3) is 4.94. The van der Waals surface area contributed by atoms with Crippen molar-refractivity contribution < 1.29 is 17.9 Å². The smallest absolute Gasteiger partial charge is 0.252 e. The molecule has 7 heteroatoms. The molecule has 1 amide bonds. The topological polar surface area (TPSA) is 84.5 Å². The normalized spacial score (nSPS) is 16.4. The lowest BCUT2D eigenvalue weighted by molar-refractivity contribution is 0.0943. The van der Waals surface area contributed by atoms with E-state index in [1.807, 2.05) is 42.5 Å². The van der Waals surface area contributed by atoms with Crippen molar-refractivity contribution in [2.45, 2.75) is 42.7 Å². The van der Waals surface area contributed by atoms with E-state index < -0.39 is 10.0 Å². The second-order valence-corrected chi connectivity index (χ2v) is 10.3. The molecule has 5 rings (SSSR count). The van der Waals surface area contributed by atoms with Gasteiger partial charge in [-0.15, -0.1) is 0 Å². The molecule has 1 atom stereocenters. The second kappa shape index (κ2) is 9.00. The molecule has 2 aliphatic rings. The lowest BCUT2D eigenvalue weighted by Crippen LogP contribution is -2.30. The minimum Gasteiger partial charge on any atom is -0.493 e. The SMILES string of the molecule is O=C(NC(c1ccccc1)c1ccc2c(c1)CCCO2)c1ccc(S(=O)(=O)NC2CC2)cc1. The number of aryl methyl sites for hydroxylation is 1. The van der Waals surface area contributed by atoms with E-state index in [9.17, 15) is 13.2 Å². The Morgan fingerprint density at radius 1 is 0.939 bits per heavy atom. The fourth-order valence-electron chi connectivity index (χ4n) is 4.05. The van der Waals surface area contributed by atoms with Crippen molar-refractivity contribution in [3.63, 3.8) is 0 Å². The molecular formula is C26H26N2O4S. The summed E-state index contributed by atoms with van der Waals surface area (Å²) in [5.41, 5.74) is 3.50. The quantitative estimate of drug-likeness (QED) is 0.556. The summed E-state index contributed by atoms with van der Waals surface area (Å²) in [6.45, 7) is 0.729. The van der Waals surface area contributed by atoms with Crippen molar-refractivity contribution in [2.24, 2.45) is 0 Å². The summed E-state index contributed by atoms with van der Waals surface area (Å²) in [5.74, 6) is 0.636. The molecule has 1 unspecified atom stereocenters. The third-order valence-electron chi connectivity index (χ3n) is 6.00. The highest BCUT2D eigenvalue weighted by molar-refractivity contribution is 7.89. The van der Waals surface area contributed by atoms with E-state index in [1.54, 1.807) is 12.1 Å². The van der Waals surface area contributed by atoms with Gasteiger partial charge >= 0.3 is 0 Å². The van der Waals surface area contributed by atoms with Crippen molar-refractivity contribution in [3.05, 3.63) is 95.1 Å². The van der Waals surface area contributed by atoms with Gasteiger partial charge in [-0.2, -0.15) is 0 Å². The molecule has 1 saturated carbocycles. The number of nitrogens with one attached hydrogen (secondary N) is 2. The second-order valence-electron chi connectivity index (χ2n) is 8.56. The largest absolute Gasteiger partial charge is 0.493 e. The van der Waals surface area contributed by atoms with E-state index in [2.05, 4.69) is 16.1 Å². The molecule has 2 N–H and O–H groups in total. The van der Waals surface area contributed by atoms with E-state index in [-0.39, 0.29) is 22.9 Å². The van der Waals surface area contributed by atoms with Crippen LogP contribution in [0.2, 0.25) is 0 Å². The van der Waals surface area contributed by atoms with Crippen molar-refractivity contribution in [2.75, 3.05) is 6.61 Å². The Hall–Kier alpha value is -3.16. The van der Waals surface area contributed by atoms with Crippen LogP contribution in [-0.2, 0) is 16.4 Å². The highest BCUT2D eigenvalue weighted by Gasteiger charge is 2.28. The number of ether oxygens (including phenoxy) is 1. The zero-order chi connectivity index (χ0) is 22.8. The standard InChI is InChI=1S/C26H26N2O4S/c29-26(19-8-13-23(14-9-19)33(30,31)28-22-11-12-22)27-25(18-5-2-1-3-6-18)21-10-15-24-20(17-21)7-4-16-32-24/h1-3,5-6,8-10,13-15,17,22,25,28H,4,7,11-12,16H2,(H,27,29). The van der Waals surface area contributed by atoms with Crippen LogP contribution in [0.1, 0.15) is 52.4 Å². The summed E-state index contributed by atoms with van der Waals surface area (Å²) < 4.78 is 33.2. The average Bonchev–Trinajstić information content (AvgIpc) is 3.66. The van der Waals surface area contributed by atoms with Gasteiger partial charge in [0.2, 0.25) is 10.0 Å². The predicted molar refractivity (Wildman–Crippen MR) is 126 cm³/mol. The fraction of sp³-hybridized carbons (Fsp3) is 0.269. The average molecular weight is 463 g/mol. The van der Waals surface area contributed by atoms with Crippen LogP contribution in [0.5, 0.6) is 5.75 Å². The summed E-state index contributed by atoms with van der Waals surface area (Å²) in [7, 11) is -3.55. The van der Waals surface area contributed by atoms with Gasteiger partial charge in [0.25, 0.3) is 5.91 Å². The molecule has 1 aliphatic carbocycles. The highest BCUT2D eigenvalue weighted by atomic mass is 32.2.